The Bertz CT molecular complexity index is 406. The van der Waals surface area contributed by atoms with Crippen LogP contribution in [0, 0.1) is 6.92 Å². The number of aromatic nitrogens is 1. The van der Waals surface area contributed by atoms with Gasteiger partial charge in [0.2, 0.25) is 0 Å². The highest BCUT2D eigenvalue weighted by molar-refractivity contribution is 5.45. The van der Waals surface area contributed by atoms with Crippen molar-refractivity contribution in [2.45, 2.75) is 45.1 Å². The predicted octanol–water partition coefficient (Wildman–Crippen LogP) is 2.90. The molecule has 0 spiro atoms. The van der Waals surface area contributed by atoms with E-state index in [2.05, 4.69) is 11.1 Å². The molecule has 1 heterocycles. The van der Waals surface area contributed by atoms with Crippen LogP contribution in [0.25, 0.3) is 0 Å². The van der Waals surface area contributed by atoms with E-state index in [0.29, 0.717) is 12.2 Å². The maximum Gasteiger partial charge on any atom is 0.129 e. The second-order valence-electron chi connectivity index (χ2n) is 4.75. The van der Waals surface area contributed by atoms with Gasteiger partial charge in [0.25, 0.3) is 0 Å². The molecule has 0 bridgehead atoms. The van der Waals surface area contributed by atoms with Gasteiger partial charge in [-0.2, -0.15) is 0 Å². The Labute approximate surface area is 102 Å². The number of aliphatic hydroxyl groups excluding tert-OH is 1. The molecule has 1 aliphatic carbocycles. The highest BCUT2D eigenvalue weighted by Crippen LogP contribution is 2.30. The number of hydrogen-bond acceptors (Lipinski definition) is 3. The van der Waals surface area contributed by atoms with Crippen molar-refractivity contribution in [3.8, 4) is 0 Å². The monoisotopic (exact) mass is 232 g/mol. The first kappa shape index (κ1) is 12.1. The minimum absolute atomic E-state index is 0.453. The third-order valence-corrected chi connectivity index (χ3v) is 3.41. The fourth-order valence-corrected chi connectivity index (χ4v) is 2.46. The molecule has 1 aliphatic rings. The number of aliphatic hydroxyl groups is 1. The second-order valence-corrected chi connectivity index (χ2v) is 4.75. The fraction of sp³-hybridized carbons (Fsp3) is 0.500. The minimum atomic E-state index is -0.520. The second kappa shape index (κ2) is 5.32. The minimum Gasteiger partial charge on any atom is -0.388 e. The van der Waals surface area contributed by atoms with Crippen molar-refractivity contribution in [3.63, 3.8) is 0 Å². The van der Waals surface area contributed by atoms with Gasteiger partial charge < -0.3 is 10.8 Å². The number of hydrogen-bond donors (Lipinski definition) is 2. The van der Waals surface area contributed by atoms with Crippen LogP contribution in [0.3, 0.4) is 0 Å². The quantitative estimate of drug-likeness (QED) is 0.788. The largest absolute Gasteiger partial charge is 0.388 e. The van der Waals surface area contributed by atoms with E-state index in [0.717, 1.165) is 24.0 Å². The van der Waals surface area contributed by atoms with Crippen LogP contribution in [0.15, 0.2) is 23.9 Å². The van der Waals surface area contributed by atoms with Crippen LogP contribution in [0.1, 0.15) is 49.3 Å². The number of allylic oxidation sites excluding steroid dienone is 1. The maximum absolute atomic E-state index is 10.3. The SMILES string of the molecule is Cc1ccnc(N)c1C(O)CC1=CCCCC1. The van der Waals surface area contributed by atoms with Gasteiger partial charge in [-0.05, 0) is 50.7 Å². The van der Waals surface area contributed by atoms with E-state index in [1.165, 1.54) is 18.4 Å². The Kier molecular flexibility index (Phi) is 3.79. The van der Waals surface area contributed by atoms with E-state index >= 15 is 0 Å². The van der Waals surface area contributed by atoms with Gasteiger partial charge in [0, 0.05) is 11.8 Å². The summed E-state index contributed by atoms with van der Waals surface area (Å²) in [7, 11) is 0. The molecule has 2 rings (SSSR count). The molecule has 3 heteroatoms. The molecular formula is C14H20N2O. The zero-order chi connectivity index (χ0) is 12.3. The van der Waals surface area contributed by atoms with E-state index in [9.17, 15) is 5.11 Å². The molecule has 3 nitrogen and oxygen atoms in total. The summed E-state index contributed by atoms with van der Waals surface area (Å²) in [5.41, 5.74) is 9.00. The van der Waals surface area contributed by atoms with Crippen molar-refractivity contribution in [2.75, 3.05) is 5.73 Å². The van der Waals surface area contributed by atoms with Crippen molar-refractivity contribution in [2.24, 2.45) is 0 Å². The summed E-state index contributed by atoms with van der Waals surface area (Å²) in [5, 5.41) is 10.3. The summed E-state index contributed by atoms with van der Waals surface area (Å²) >= 11 is 0. The topological polar surface area (TPSA) is 59.1 Å². The normalized spacial score (nSPS) is 17.6. The summed E-state index contributed by atoms with van der Waals surface area (Å²) < 4.78 is 0. The van der Waals surface area contributed by atoms with Gasteiger partial charge in [-0.1, -0.05) is 11.6 Å². The van der Waals surface area contributed by atoms with E-state index in [4.69, 9.17) is 5.73 Å². The highest BCUT2D eigenvalue weighted by Gasteiger charge is 2.17. The Hall–Kier alpha value is -1.35. The molecule has 1 aromatic heterocycles. The molecule has 1 aromatic rings. The Morgan fingerprint density at radius 2 is 2.29 bits per heavy atom. The van der Waals surface area contributed by atoms with Gasteiger partial charge in [0.05, 0.1) is 6.10 Å². The first-order valence-electron chi connectivity index (χ1n) is 6.25. The van der Waals surface area contributed by atoms with Crippen LogP contribution < -0.4 is 5.73 Å². The first-order chi connectivity index (χ1) is 8.18. The van der Waals surface area contributed by atoms with Crippen LogP contribution in [-0.2, 0) is 0 Å². The number of anilines is 1. The van der Waals surface area contributed by atoms with Gasteiger partial charge >= 0.3 is 0 Å². The van der Waals surface area contributed by atoms with Gasteiger partial charge in [0.15, 0.2) is 0 Å². The van der Waals surface area contributed by atoms with Gasteiger partial charge in [-0.15, -0.1) is 0 Å². The Morgan fingerprint density at radius 3 is 2.94 bits per heavy atom. The van der Waals surface area contributed by atoms with Gasteiger partial charge in [-0.25, -0.2) is 4.98 Å². The molecule has 3 N–H and O–H groups in total. The molecule has 0 fully saturated rings. The number of nitrogens with two attached hydrogens (primary N) is 1. The van der Waals surface area contributed by atoms with Crippen LogP contribution in [0.2, 0.25) is 0 Å². The lowest BCUT2D eigenvalue weighted by Gasteiger charge is -2.19. The molecular weight excluding hydrogens is 212 g/mol. The zero-order valence-corrected chi connectivity index (χ0v) is 10.3. The Balaban J connectivity index is 2.14. The Morgan fingerprint density at radius 1 is 1.47 bits per heavy atom. The van der Waals surface area contributed by atoms with Gasteiger partial charge in [0.1, 0.15) is 5.82 Å². The van der Waals surface area contributed by atoms with E-state index in [1.807, 2.05) is 13.0 Å². The zero-order valence-electron chi connectivity index (χ0n) is 10.3. The smallest absolute Gasteiger partial charge is 0.129 e. The van der Waals surface area contributed by atoms with Crippen LogP contribution in [0.5, 0.6) is 0 Å². The van der Waals surface area contributed by atoms with Crippen LogP contribution >= 0.6 is 0 Å². The van der Waals surface area contributed by atoms with E-state index in [-0.39, 0.29) is 0 Å². The number of rotatable bonds is 3. The first-order valence-corrected chi connectivity index (χ1v) is 6.25. The number of aryl methyl sites for hydroxylation is 1. The molecule has 0 saturated carbocycles. The van der Waals surface area contributed by atoms with Crippen molar-refractivity contribution >= 4 is 5.82 Å². The summed E-state index contributed by atoms with van der Waals surface area (Å²) in [6.45, 7) is 1.96. The molecule has 0 radical (unpaired) electrons. The van der Waals surface area contributed by atoms with Crippen molar-refractivity contribution in [1.29, 1.82) is 0 Å². The highest BCUT2D eigenvalue weighted by atomic mass is 16.3. The summed E-state index contributed by atoms with van der Waals surface area (Å²) in [5.74, 6) is 0.453. The average molecular weight is 232 g/mol. The van der Waals surface area contributed by atoms with Gasteiger partial charge in [-0.3, -0.25) is 0 Å². The third kappa shape index (κ3) is 2.86. The lowest BCUT2D eigenvalue weighted by molar-refractivity contribution is 0.176. The molecule has 0 aliphatic heterocycles. The van der Waals surface area contributed by atoms with Crippen molar-refractivity contribution in [1.82, 2.24) is 4.98 Å². The van der Waals surface area contributed by atoms with E-state index < -0.39 is 6.10 Å². The number of nitrogen functional groups attached to an aromatic ring is 1. The predicted molar refractivity (Wildman–Crippen MR) is 69.5 cm³/mol. The lowest BCUT2D eigenvalue weighted by atomic mass is 9.92. The van der Waals surface area contributed by atoms with Crippen molar-refractivity contribution in [3.05, 3.63) is 35.0 Å². The van der Waals surface area contributed by atoms with Crippen molar-refractivity contribution < 1.29 is 5.11 Å². The maximum atomic E-state index is 10.3. The number of nitrogens with zero attached hydrogens (tertiary/aromatic N) is 1. The van der Waals surface area contributed by atoms with E-state index in [1.54, 1.807) is 6.20 Å². The molecule has 1 unspecified atom stereocenters. The summed E-state index contributed by atoms with van der Waals surface area (Å²) in [6, 6.07) is 1.89. The fourth-order valence-electron chi connectivity index (χ4n) is 2.46. The molecule has 17 heavy (non-hydrogen) atoms. The molecule has 0 aromatic carbocycles. The lowest BCUT2D eigenvalue weighted by Crippen LogP contribution is -2.08. The molecule has 92 valence electrons. The number of pyridine rings is 1. The van der Waals surface area contributed by atoms with Crippen LogP contribution in [-0.4, -0.2) is 10.1 Å². The third-order valence-electron chi connectivity index (χ3n) is 3.41. The van der Waals surface area contributed by atoms with Crippen LogP contribution in [0.4, 0.5) is 5.82 Å². The molecule has 1 atom stereocenters. The molecule has 0 amide bonds. The average Bonchev–Trinajstić information content (AvgIpc) is 2.30. The summed E-state index contributed by atoms with van der Waals surface area (Å²) in [6.07, 6.45) is 8.87. The standard InChI is InChI=1S/C14H20N2O/c1-10-7-8-16-14(15)13(10)12(17)9-11-5-3-2-4-6-11/h5,7-8,12,17H,2-4,6,9H2,1H3,(H2,15,16). The summed E-state index contributed by atoms with van der Waals surface area (Å²) in [4.78, 5) is 4.05. The molecule has 0 saturated heterocycles.